The van der Waals surface area contributed by atoms with Crippen LogP contribution in [0.4, 0.5) is 0 Å². The van der Waals surface area contributed by atoms with Gasteiger partial charge in [0.05, 0.1) is 7.11 Å². The van der Waals surface area contributed by atoms with Crippen molar-refractivity contribution in [2.45, 2.75) is 25.8 Å². The monoisotopic (exact) mass is 203 g/mol. The molecule has 0 aliphatic rings. The van der Waals surface area contributed by atoms with Gasteiger partial charge in [0.15, 0.2) is 0 Å². The molecule has 6 heteroatoms. The zero-order valence-electron chi connectivity index (χ0n) is 8.35. The van der Waals surface area contributed by atoms with E-state index >= 15 is 0 Å². The Balaban J connectivity index is 4.54. The second kappa shape index (κ2) is 4.69. The smallest absolute Gasteiger partial charge is 0.316 e. The number of nitrogens with zero attached hydrogens (tertiary/aromatic N) is 1. The van der Waals surface area contributed by atoms with E-state index in [1.807, 2.05) is 0 Å². The van der Waals surface area contributed by atoms with Gasteiger partial charge in [-0.3, -0.25) is 14.9 Å². The quantitative estimate of drug-likeness (QED) is 0.212. The number of hydrogen-bond acceptors (Lipinski definition) is 5. The lowest BCUT2D eigenvalue weighted by molar-refractivity contribution is -0.562. The molecule has 1 atom stereocenters. The van der Waals surface area contributed by atoms with Gasteiger partial charge in [-0.25, -0.2) is 0 Å². The molecule has 0 amide bonds. The fourth-order valence-electron chi connectivity index (χ4n) is 0.951. The number of nitro groups is 1. The molecule has 0 aromatic carbocycles. The van der Waals surface area contributed by atoms with Crippen molar-refractivity contribution < 1.29 is 19.2 Å². The standard InChI is InChI=1S/C8H13NO5/c1-8(2,9(12)13)4-6(5-10)7(11)14-3/h5-6H,4H2,1-3H3. The van der Waals surface area contributed by atoms with Gasteiger partial charge in [-0.2, -0.15) is 0 Å². The first-order valence-electron chi connectivity index (χ1n) is 4.02. The molecule has 0 rings (SSSR count). The highest BCUT2D eigenvalue weighted by molar-refractivity contribution is 5.87. The van der Waals surface area contributed by atoms with Gasteiger partial charge in [0, 0.05) is 25.2 Å². The maximum Gasteiger partial charge on any atom is 0.316 e. The molecule has 6 nitrogen and oxygen atoms in total. The lowest BCUT2D eigenvalue weighted by Crippen LogP contribution is -2.36. The fourth-order valence-corrected chi connectivity index (χ4v) is 0.951. The van der Waals surface area contributed by atoms with Crippen LogP contribution >= 0.6 is 0 Å². The summed E-state index contributed by atoms with van der Waals surface area (Å²) in [4.78, 5) is 31.4. The molecule has 0 aromatic heterocycles. The van der Waals surface area contributed by atoms with Gasteiger partial charge in [-0.1, -0.05) is 0 Å². The Morgan fingerprint density at radius 2 is 2.14 bits per heavy atom. The van der Waals surface area contributed by atoms with Gasteiger partial charge in [0.1, 0.15) is 12.2 Å². The van der Waals surface area contributed by atoms with Crippen molar-refractivity contribution in [1.82, 2.24) is 0 Å². The normalized spacial score (nSPS) is 13.1. The minimum Gasteiger partial charge on any atom is -0.468 e. The maximum atomic E-state index is 11.0. The summed E-state index contributed by atoms with van der Waals surface area (Å²) < 4.78 is 4.34. The third kappa shape index (κ3) is 3.12. The van der Waals surface area contributed by atoms with Crippen LogP contribution in [0, 0.1) is 16.0 Å². The van der Waals surface area contributed by atoms with E-state index in [9.17, 15) is 19.7 Å². The first kappa shape index (κ1) is 12.5. The molecule has 0 aromatic rings. The van der Waals surface area contributed by atoms with Crippen LogP contribution in [-0.2, 0) is 14.3 Å². The summed E-state index contributed by atoms with van der Waals surface area (Å²) in [7, 11) is 1.14. The highest BCUT2D eigenvalue weighted by atomic mass is 16.6. The van der Waals surface area contributed by atoms with Gasteiger partial charge in [0.25, 0.3) is 0 Å². The lowest BCUT2D eigenvalue weighted by Gasteiger charge is -2.17. The van der Waals surface area contributed by atoms with Crippen LogP contribution in [0.2, 0.25) is 0 Å². The van der Waals surface area contributed by atoms with Gasteiger partial charge in [-0.05, 0) is 0 Å². The molecular weight excluding hydrogens is 190 g/mol. The summed E-state index contributed by atoms with van der Waals surface area (Å²) in [5, 5.41) is 10.5. The predicted octanol–water partition coefficient (Wildman–Crippen LogP) is 0.420. The number of rotatable bonds is 5. The highest BCUT2D eigenvalue weighted by Gasteiger charge is 2.37. The van der Waals surface area contributed by atoms with E-state index in [0.29, 0.717) is 6.29 Å². The van der Waals surface area contributed by atoms with E-state index in [1.54, 1.807) is 0 Å². The number of esters is 1. The van der Waals surface area contributed by atoms with Crippen LogP contribution in [0.1, 0.15) is 20.3 Å². The SMILES string of the molecule is COC(=O)C(C=O)CC(C)(C)[N+](=O)[O-]. The van der Waals surface area contributed by atoms with Crippen LogP contribution in [0.3, 0.4) is 0 Å². The van der Waals surface area contributed by atoms with E-state index in [1.165, 1.54) is 13.8 Å². The summed E-state index contributed by atoms with van der Waals surface area (Å²) in [5.74, 6) is -1.81. The summed E-state index contributed by atoms with van der Waals surface area (Å²) >= 11 is 0. The number of methoxy groups -OCH3 is 1. The second-order valence-corrected chi connectivity index (χ2v) is 3.54. The van der Waals surface area contributed by atoms with Crippen molar-refractivity contribution in [3.63, 3.8) is 0 Å². The number of carbonyl (C=O) groups is 2. The largest absolute Gasteiger partial charge is 0.468 e. The molecule has 0 spiro atoms. The Morgan fingerprint density at radius 1 is 1.64 bits per heavy atom. The van der Waals surface area contributed by atoms with E-state index in [-0.39, 0.29) is 6.42 Å². The third-order valence-electron chi connectivity index (χ3n) is 1.88. The van der Waals surface area contributed by atoms with Crippen molar-refractivity contribution in [2.24, 2.45) is 5.92 Å². The fraction of sp³-hybridized carbons (Fsp3) is 0.750. The van der Waals surface area contributed by atoms with Crippen LogP contribution in [-0.4, -0.2) is 29.8 Å². The van der Waals surface area contributed by atoms with Crippen molar-refractivity contribution in [2.75, 3.05) is 7.11 Å². The van der Waals surface area contributed by atoms with Crippen LogP contribution < -0.4 is 0 Å². The van der Waals surface area contributed by atoms with E-state index < -0.39 is 22.3 Å². The summed E-state index contributed by atoms with van der Waals surface area (Å²) in [5.41, 5.74) is -1.31. The number of aldehydes is 1. The first-order valence-corrected chi connectivity index (χ1v) is 4.02. The van der Waals surface area contributed by atoms with Gasteiger partial charge in [-0.15, -0.1) is 0 Å². The van der Waals surface area contributed by atoms with Crippen LogP contribution in [0.15, 0.2) is 0 Å². The summed E-state index contributed by atoms with van der Waals surface area (Å²) in [6.07, 6.45) is 0.216. The van der Waals surface area contributed by atoms with Crippen molar-refractivity contribution in [1.29, 1.82) is 0 Å². The Labute approximate surface area is 81.4 Å². The molecule has 0 saturated carbocycles. The number of hydrogen-bond donors (Lipinski definition) is 0. The van der Waals surface area contributed by atoms with Gasteiger partial charge >= 0.3 is 5.97 Å². The van der Waals surface area contributed by atoms with Crippen molar-refractivity contribution in [3.8, 4) is 0 Å². The van der Waals surface area contributed by atoms with E-state index in [2.05, 4.69) is 4.74 Å². The molecule has 0 fully saturated rings. The third-order valence-corrected chi connectivity index (χ3v) is 1.88. The number of ether oxygens (including phenoxy) is 1. The van der Waals surface area contributed by atoms with Crippen LogP contribution in [0.5, 0.6) is 0 Å². The average molecular weight is 203 g/mol. The molecule has 0 N–H and O–H groups in total. The molecule has 0 heterocycles. The predicted molar refractivity (Wildman–Crippen MR) is 47.3 cm³/mol. The second-order valence-electron chi connectivity index (χ2n) is 3.54. The topological polar surface area (TPSA) is 86.5 Å². The summed E-state index contributed by atoms with van der Waals surface area (Å²) in [6, 6.07) is 0. The Hall–Kier alpha value is -1.46. The molecule has 0 saturated heterocycles. The first-order chi connectivity index (χ1) is 6.35. The van der Waals surface area contributed by atoms with E-state index in [4.69, 9.17) is 0 Å². The maximum absolute atomic E-state index is 11.0. The molecule has 0 aliphatic heterocycles. The van der Waals surface area contributed by atoms with Gasteiger partial charge in [0.2, 0.25) is 5.54 Å². The average Bonchev–Trinajstić information content (AvgIpc) is 2.12. The minimum absolute atomic E-state index is 0.157. The van der Waals surface area contributed by atoms with Gasteiger partial charge < -0.3 is 9.53 Å². The number of carbonyl (C=O) groups excluding carboxylic acids is 2. The Kier molecular flexibility index (Phi) is 4.20. The molecule has 0 aliphatic carbocycles. The minimum atomic E-state index is -1.31. The molecule has 0 radical (unpaired) electrons. The van der Waals surface area contributed by atoms with Crippen molar-refractivity contribution in [3.05, 3.63) is 10.1 Å². The highest BCUT2D eigenvalue weighted by Crippen LogP contribution is 2.19. The summed E-state index contributed by atoms with van der Waals surface area (Å²) in [6.45, 7) is 2.71. The van der Waals surface area contributed by atoms with E-state index in [0.717, 1.165) is 7.11 Å². The Bertz CT molecular complexity index is 248. The van der Waals surface area contributed by atoms with Crippen molar-refractivity contribution >= 4 is 12.3 Å². The molecular formula is C8H13NO5. The Morgan fingerprint density at radius 3 is 2.43 bits per heavy atom. The zero-order valence-corrected chi connectivity index (χ0v) is 8.35. The zero-order chi connectivity index (χ0) is 11.4. The molecule has 1 unspecified atom stereocenters. The van der Waals surface area contributed by atoms with Crippen LogP contribution in [0.25, 0.3) is 0 Å². The molecule has 14 heavy (non-hydrogen) atoms. The lowest BCUT2D eigenvalue weighted by atomic mass is 9.92. The molecule has 0 bridgehead atoms. The molecule has 80 valence electrons.